The van der Waals surface area contributed by atoms with E-state index < -0.39 is 0 Å². The molecule has 0 unspecified atom stereocenters. The number of thioether (sulfide) groups is 1. The molecule has 0 aliphatic rings. The van der Waals surface area contributed by atoms with Gasteiger partial charge in [-0.25, -0.2) is 9.67 Å². The van der Waals surface area contributed by atoms with Crippen LogP contribution in [-0.4, -0.2) is 26.8 Å². The summed E-state index contributed by atoms with van der Waals surface area (Å²) in [6.07, 6.45) is 6.74. The Morgan fingerprint density at radius 1 is 1.12 bits per heavy atom. The van der Waals surface area contributed by atoms with Crippen LogP contribution in [0.3, 0.4) is 0 Å². The van der Waals surface area contributed by atoms with Crippen LogP contribution in [-0.2, 0) is 0 Å². The molecule has 1 heterocycles. The molecule has 0 saturated heterocycles. The van der Waals surface area contributed by atoms with Crippen molar-refractivity contribution in [2.45, 2.75) is 4.90 Å². The molecule has 4 nitrogen and oxygen atoms in total. The van der Waals surface area contributed by atoms with Gasteiger partial charge in [-0.1, -0.05) is 23.7 Å². The molecule has 0 spiro atoms. The molecule has 2 aromatic carbocycles. The number of rotatable bonds is 5. The second-order valence-electron chi connectivity index (χ2n) is 4.98. The number of hydrogen-bond donors (Lipinski definition) is 0. The number of carbonyl (C=O) groups excluding carboxylic acids is 1. The number of ketones is 1. The first kappa shape index (κ1) is 16.5. The fourth-order valence-corrected chi connectivity index (χ4v) is 2.71. The third-order valence-corrected chi connectivity index (χ3v) is 4.42. The molecule has 0 N–H and O–H groups in total. The van der Waals surface area contributed by atoms with E-state index in [2.05, 4.69) is 10.1 Å². The normalized spacial score (nSPS) is 11.5. The Balaban J connectivity index is 2.01. The maximum atomic E-state index is 12.9. The number of benzene rings is 2. The number of carbonyl (C=O) groups is 1. The lowest BCUT2D eigenvalue weighted by molar-refractivity contribution is 0.105. The lowest BCUT2D eigenvalue weighted by Gasteiger charge is -2.07. The second kappa shape index (κ2) is 7.47. The standard InChI is InChI=1S/C18H14ClN3OS/c1-24-16-8-2-13(3-9-16)10-17(22-12-20-11-21-22)18(23)14-4-6-15(19)7-5-14/h2-12H,1H3/b17-10+. The minimum absolute atomic E-state index is 0.147. The van der Waals surface area contributed by atoms with Gasteiger partial charge in [0, 0.05) is 15.5 Å². The van der Waals surface area contributed by atoms with Crippen molar-refractivity contribution < 1.29 is 4.79 Å². The second-order valence-corrected chi connectivity index (χ2v) is 6.29. The largest absolute Gasteiger partial charge is 0.287 e. The summed E-state index contributed by atoms with van der Waals surface area (Å²) in [6.45, 7) is 0. The maximum Gasteiger partial charge on any atom is 0.211 e. The molecule has 0 atom stereocenters. The van der Waals surface area contributed by atoms with Gasteiger partial charge in [0.15, 0.2) is 0 Å². The zero-order valence-corrected chi connectivity index (χ0v) is 14.5. The van der Waals surface area contributed by atoms with E-state index in [1.807, 2.05) is 30.5 Å². The molecule has 0 radical (unpaired) electrons. The topological polar surface area (TPSA) is 47.8 Å². The Labute approximate surface area is 149 Å². The summed E-state index contributed by atoms with van der Waals surface area (Å²) in [5.41, 5.74) is 1.88. The Hall–Kier alpha value is -2.37. The van der Waals surface area contributed by atoms with Crippen molar-refractivity contribution in [3.8, 4) is 0 Å². The fraction of sp³-hybridized carbons (Fsp3) is 0.0556. The van der Waals surface area contributed by atoms with E-state index in [0.29, 0.717) is 16.3 Å². The average molecular weight is 356 g/mol. The number of nitrogens with zero attached hydrogens (tertiary/aromatic N) is 3. The van der Waals surface area contributed by atoms with Crippen LogP contribution >= 0.6 is 23.4 Å². The predicted octanol–water partition coefficient (Wildman–Crippen LogP) is 4.53. The molecule has 0 fully saturated rings. The predicted molar refractivity (Wildman–Crippen MR) is 98.2 cm³/mol. The van der Waals surface area contributed by atoms with Gasteiger partial charge in [0.25, 0.3) is 0 Å². The lowest BCUT2D eigenvalue weighted by atomic mass is 10.1. The molecule has 24 heavy (non-hydrogen) atoms. The van der Waals surface area contributed by atoms with Gasteiger partial charge in [-0.05, 0) is 54.3 Å². The quantitative estimate of drug-likeness (QED) is 0.383. The van der Waals surface area contributed by atoms with Crippen molar-refractivity contribution in [2.75, 3.05) is 6.26 Å². The van der Waals surface area contributed by atoms with Gasteiger partial charge in [-0.2, -0.15) is 5.10 Å². The smallest absolute Gasteiger partial charge is 0.211 e. The molecule has 3 aromatic rings. The van der Waals surface area contributed by atoms with Gasteiger partial charge in [0.2, 0.25) is 5.78 Å². The summed E-state index contributed by atoms with van der Waals surface area (Å²) in [4.78, 5) is 18.0. The average Bonchev–Trinajstić information content (AvgIpc) is 3.14. The molecular weight excluding hydrogens is 342 g/mol. The zero-order valence-electron chi connectivity index (χ0n) is 12.9. The molecule has 0 bridgehead atoms. The number of aromatic nitrogens is 3. The van der Waals surface area contributed by atoms with Crippen molar-refractivity contribution in [3.63, 3.8) is 0 Å². The first-order valence-corrected chi connectivity index (χ1v) is 8.78. The van der Waals surface area contributed by atoms with Gasteiger partial charge in [0.05, 0.1) is 0 Å². The first-order chi connectivity index (χ1) is 11.7. The van der Waals surface area contributed by atoms with E-state index in [1.165, 1.54) is 22.2 Å². The molecule has 6 heteroatoms. The molecule has 0 aliphatic carbocycles. The number of Topliss-reactive ketones (excluding diaryl/α,β-unsaturated/α-hetero) is 1. The summed E-state index contributed by atoms with van der Waals surface area (Å²) >= 11 is 7.57. The third-order valence-electron chi connectivity index (χ3n) is 3.42. The molecule has 0 saturated carbocycles. The fourth-order valence-electron chi connectivity index (χ4n) is 2.18. The SMILES string of the molecule is CSc1ccc(/C=C(\C(=O)c2ccc(Cl)cc2)n2cncn2)cc1. The van der Waals surface area contributed by atoms with Crippen molar-refractivity contribution in [1.82, 2.24) is 14.8 Å². The highest BCUT2D eigenvalue weighted by Crippen LogP contribution is 2.20. The molecular formula is C18H14ClN3OS. The lowest BCUT2D eigenvalue weighted by Crippen LogP contribution is -2.10. The van der Waals surface area contributed by atoms with E-state index in [1.54, 1.807) is 42.1 Å². The number of allylic oxidation sites excluding steroid dienone is 1. The van der Waals surface area contributed by atoms with Gasteiger partial charge in [-0.3, -0.25) is 4.79 Å². The minimum atomic E-state index is -0.147. The Morgan fingerprint density at radius 3 is 2.42 bits per heavy atom. The zero-order chi connectivity index (χ0) is 16.9. The third kappa shape index (κ3) is 3.75. The number of hydrogen-bond acceptors (Lipinski definition) is 4. The summed E-state index contributed by atoms with van der Waals surface area (Å²) in [5, 5.41) is 4.69. The van der Waals surface area contributed by atoms with Crippen LogP contribution in [0, 0.1) is 0 Å². The molecule has 0 aliphatic heterocycles. The molecule has 3 rings (SSSR count). The van der Waals surface area contributed by atoms with E-state index in [4.69, 9.17) is 11.6 Å². The summed E-state index contributed by atoms with van der Waals surface area (Å²) < 4.78 is 1.47. The van der Waals surface area contributed by atoms with E-state index in [9.17, 15) is 4.79 Å². The maximum absolute atomic E-state index is 12.9. The Bertz CT molecular complexity index is 856. The Morgan fingerprint density at radius 2 is 1.83 bits per heavy atom. The van der Waals surface area contributed by atoms with Crippen molar-refractivity contribution >= 4 is 40.9 Å². The van der Waals surface area contributed by atoms with Crippen molar-refractivity contribution in [2.24, 2.45) is 0 Å². The monoisotopic (exact) mass is 355 g/mol. The van der Waals surface area contributed by atoms with Gasteiger partial charge in [0.1, 0.15) is 18.4 Å². The van der Waals surface area contributed by atoms with Crippen LogP contribution in [0.2, 0.25) is 5.02 Å². The highest BCUT2D eigenvalue weighted by molar-refractivity contribution is 7.98. The minimum Gasteiger partial charge on any atom is -0.287 e. The van der Waals surface area contributed by atoms with E-state index in [0.717, 1.165) is 5.56 Å². The van der Waals surface area contributed by atoms with Crippen LogP contribution in [0.5, 0.6) is 0 Å². The van der Waals surface area contributed by atoms with Crippen LogP contribution in [0.1, 0.15) is 15.9 Å². The highest BCUT2D eigenvalue weighted by Gasteiger charge is 2.15. The van der Waals surface area contributed by atoms with Gasteiger partial charge in [-0.15, -0.1) is 11.8 Å². The highest BCUT2D eigenvalue weighted by atomic mass is 35.5. The van der Waals surface area contributed by atoms with Crippen molar-refractivity contribution in [1.29, 1.82) is 0 Å². The summed E-state index contributed by atoms with van der Waals surface area (Å²) in [5.74, 6) is -0.147. The van der Waals surface area contributed by atoms with E-state index >= 15 is 0 Å². The van der Waals surface area contributed by atoms with E-state index in [-0.39, 0.29) is 5.78 Å². The van der Waals surface area contributed by atoms with Crippen LogP contribution in [0.4, 0.5) is 0 Å². The summed E-state index contributed by atoms with van der Waals surface area (Å²) in [6, 6.07) is 14.8. The Kier molecular flexibility index (Phi) is 5.13. The first-order valence-electron chi connectivity index (χ1n) is 7.18. The van der Waals surface area contributed by atoms with Crippen molar-refractivity contribution in [3.05, 3.63) is 77.3 Å². The van der Waals surface area contributed by atoms with Crippen LogP contribution < -0.4 is 0 Å². The van der Waals surface area contributed by atoms with Crippen LogP contribution in [0.25, 0.3) is 11.8 Å². The molecule has 1 aromatic heterocycles. The molecule has 0 amide bonds. The molecule has 120 valence electrons. The van der Waals surface area contributed by atoms with Gasteiger partial charge < -0.3 is 0 Å². The van der Waals surface area contributed by atoms with Crippen LogP contribution in [0.15, 0.2) is 66.1 Å². The van der Waals surface area contributed by atoms with Gasteiger partial charge >= 0.3 is 0 Å². The number of halogens is 1. The summed E-state index contributed by atoms with van der Waals surface area (Å²) in [7, 11) is 0.